The van der Waals surface area contributed by atoms with Gasteiger partial charge in [0, 0.05) is 18.0 Å². The van der Waals surface area contributed by atoms with Crippen LogP contribution < -0.4 is 4.74 Å². The molecule has 0 saturated heterocycles. The summed E-state index contributed by atoms with van der Waals surface area (Å²) < 4.78 is 5.25. The molecular formula is C13H15NO2S. The van der Waals surface area contributed by atoms with E-state index in [4.69, 9.17) is 4.74 Å². The van der Waals surface area contributed by atoms with Gasteiger partial charge in [0.1, 0.15) is 5.75 Å². The summed E-state index contributed by atoms with van der Waals surface area (Å²) in [6.45, 7) is 1.98. The van der Waals surface area contributed by atoms with Crippen LogP contribution in [0.2, 0.25) is 0 Å². The predicted octanol–water partition coefficient (Wildman–Crippen LogP) is 2.74. The number of aliphatic hydroxyl groups excluding tert-OH is 1. The van der Waals surface area contributed by atoms with E-state index in [1.54, 1.807) is 24.6 Å². The molecule has 0 radical (unpaired) electrons. The van der Waals surface area contributed by atoms with E-state index in [1.165, 1.54) is 0 Å². The van der Waals surface area contributed by atoms with Crippen molar-refractivity contribution in [1.82, 2.24) is 4.98 Å². The lowest BCUT2D eigenvalue weighted by Crippen LogP contribution is -2.02. The third kappa shape index (κ3) is 2.84. The van der Waals surface area contributed by atoms with Crippen LogP contribution in [0.5, 0.6) is 5.75 Å². The van der Waals surface area contributed by atoms with Gasteiger partial charge in [-0.3, -0.25) is 0 Å². The molecule has 0 fully saturated rings. The molecule has 2 rings (SSSR count). The van der Waals surface area contributed by atoms with Gasteiger partial charge in [-0.15, -0.1) is 11.3 Å². The van der Waals surface area contributed by atoms with E-state index in [0.29, 0.717) is 6.42 Å². The number of methoxy groups -OCH3 is 1. The maximum Gasteiger partial charge on any atom is 0.122 e. The maximum atomic E-state index is 10.1. The van der Waals surface area contributed by atoms with Crippen molar-refractivity contribution in [2.45, 2.75) is 19.4 Å². The molecular weight excluding hydrogens is 234 g/mol. The number of ether oxygens (including phenoxy) is 1. The van der Waals surface area contributed by atoms with Gasteiger partial charge in [-0.05, 0) is 24.1 Å². The summed E-state index contributed by atoms with van der Waals surface area (Å²) in [7, 11) is 1.64. The fourth-order valence-corrected chi connectivity index (χ4v) is 2.34. The zero-order valence-corrected chi connectivity index (χ0v) is 10.7. The Labute approximate surface area is 105 Å². The van der Waals surface area contributed by atoms with Crippen molar-refractivity contribution in [3.05, 3.63) is 45.9 Å². The van der Waals surface area contributed by atoms with Crippen molar-refractivity contribution in [3.8, 4) is 5.75 Å². The van der Waals surface area contributed by atoms with E-state index >= 15 is 0 Å². The van der Waals surface area contributed by atoms with Crippen LogP contribution in [0.3, 0.4) is 0 Å². The van der Waals surface area contributed by atoms with Crippen LogP contribution in [0, 0.1) is 6.92 Å². The molecule has 1 heterocycles. The molecule has 0 saturated carbocycles. The Morgan fingerprint density at radius 1 is 1.47 bits per heavy atom. The van der Waals surface area contributed by atoms with Crippen LogP contribution >= 0.6 is 11.3 Å². The molecule has 0 amide bonds. The van der Waals surface area contributed by atoms with Crippen molar-refractivity contribution in [2.24, 2.45) is 0 Å². The molecule has 1 N–H and O–H groups in total. The monoisotopic (exact) mass is 249 g/mol. The molecule has 90 valence electrons. The number of rotatable bonds is 4. The molecule has 0 bridgehead atoms. The highest BCUT2D eigenvalue weighted by atomic mass is 32.1. The van der Waals surface area contributed by atoms with Gasteiger partial charge in [0.05, 0.1) is 18.2 Å². The SMILES string of the molecule is COc1cc(C(O)Cc2nccs2)ccc1C. The Kier molecular flexibility index (Phi) is 3.76. The Morgan fingerprint density at radius 3 is 2.94 bits per heavy atom. The van der Waals surface area contributed by atoms with Crippen LogP contribution in [0.1, 0.15) is 22.2 Å². The predicted molar refractivity (Wildman–Crippen MR) is 68.5 cm³/mol. The fraction of sp³-hybridized carbons (Fsp3) is 0.308. The average molecular weight is 249 g/mol. The highest BCUT2D eigenvalue weighted by Gasteiger charge is 2.12. The average Bonchev–Trinajstić information content (AvgIpc) is 2.82. The topological polar surface area (TPSA) is 42.4 Å². The summed E-state index contributed by atoms with van der Waals surface area (Å²) >= 11 is 1.56. The Balaban J connectivity index is 2.16. The zero-order valence-electron chi connectivity index (χ0n) is 9.88. The number of benzene rings is 1. The van der Waals surface area contributed by atoms with Gasteiger partial charge in [-0.25, -0.2) is 4.98 Å². The number of thiazole rings is 1. The smallest absolute Gasteiger partial charge is 0.122 e. The third-order valence-electron chi connectivity index (χ3n) is 2.67. The lowest BCUT2D eigenvalue weighted by Gasteiger charge is -2.12. The highest BCUT2D eigenvalue weighted by Crippen LogP contribution is 2.25. The first-order valence-electron chi connectivity index (χ1n) is 5.41. The fourth-order valence-electron chi connectivity index (χ4n) is 1.68. The second-order valence-corrected chi connectivity index (χ2v) is 4.85. The van der Waals surface area contributed by atoms with Crippen molar-refractivity contribution in [1.29, 1.82) is 0 Å². The van der Waals surface area contributed by atoms with E-state index in [1.807, 2.05) is 30.5 Å². The molecule has 0 aliphatic rings. The van der Waals surface area contributed by atoms with Crippen LogP contribution in [0.25, 0.3) is 0 Å². The first-order valence-corrected chi connectivity index (χ1v) is 6.29. The Morgan fingerprint density at radius 2 is 2.29 bits per heavy atom. The molecule has 1 atom stereocenters. The van der Waals surface area contributed by atoms with E-state index in [0.717, 1.165) is 21.9 Å². The Bertz CT molecular complexity index is 482. The van der Waals surface area contributed by atoms with Crippen molar-refractivity contribution in [3.63, 3.8) is 0 Å². The molecule has 1 unspecified atom stereocenters. The van der Waals surface area contributed by atoms with Crippen molar-refractivity contribution < 1.29 is 9.84 Å². The van der Waals surface area contributed by atoms with Crippen LogP contribution in [0.4, 0.5) is 0 Å². The third-order valence-corrected chi connectivity index (χ3v) is 3.47. The summed E-state index contributed by atoms with van der Waals surface area (Å²) in [6.07, 6.45) is 1.77. The largest absolute Gasteiger partial charge is 0.496 e. The summed E-state index contributed by atoms with van der Waals surface area (Å²) in [5, 5.41) is 13.0. The molecule has 0 aliphatic carbocycles. The minimum absolute atomic E-state index is 0.532. The lowest BCUT2D eigenvalue weighted by molar-refractivity contribution is 0.178. The molecule has 1 aromatic heterocycles. The van der Waals surface area contributed by atoms with Crippen LogP contribution in [-0.4, -0.2) is 17.2 Å². The van der Waals surface area contributed by atoms with Gasteiger partial charge in [-0.1, -0.05) is 12.1 Å². The molecule has 4 heteroatoms. The van der Waals surface area contributed by atoms with Gasteiger partial charge in [0.15, 0.2) is 0 Å². The molecule has 3 nitrogen and oxygen atoms in total. The maximum absolute atomic E-state index is 10.1. The van der Waals surface area contributed by atoms with Gasteiger partial charge in [0.2, 0.25) is 0 Å². The molecule has 0 spiro atoms. The Hall–Kier alpha value is -1.39. The number of hydrogen-bond acceptors (Lipinski definition) is 4. The number of aryl methyl sites for hydroxylation is 1. The lowest BCUT2D eigenvalue weighted by atomic mass is 10.0. The van der Waals surface area contributed by atoms with E-state index in [9.17, 15) is 5.11 Å². The van der Waals surface area contributed by atoms with E-state index in [2.05, 4.69) is 4.98 Å². The van der Waals surface area contributed by atoms with Gasteiger partial charge >= 0.3 is 0 Å². The summed E-state index contributed by atoms with van der Waals surface area (Å²) in [6, 6.07) is 5.77. The highest BCUT2D eigenvalue weighted by molar-refractivity contribution is 7.09. The van der Waals surface area contributed by atoms with Gasteiger partial charge in [0.25, 0.3) is 0 Å². The quantitative estimate of drug-likeness (QED) is 0.906. The summed E-state index contributed by atoms with van der Waals surface area (Å²) in [4.78, 5) is 4.17. The zero-order chi connectivity index (χ0) is 12.3. The first-order chi connectivity index (χ1) is 8.20. The number of aromatic nitrogens is 1. The number of nitrogens with zero attached hydrogens (tertiary/aromatic N) is 1. The number of aliphatic hydroxyl groups is 1. The summed E-state index contributed by atoms with van der Waals surface area (Å²) in [5.74, 6) is 0.806. The first kappa shape index (κ1) is 12.1. The minimum Gasteiger partial charge on any atom is -0.496 e. The van der Waals surface area contributed by atoms with Gasteiger partial charge < -0.3 is 9.84 Å². The van der Waals surface area contributed by atoms with E-state index in [-0.39, 0.29) is 0 Å². The van der Waals surface area contributed by atoms with E-state index < -0.39 is 6.10 Å². The number of hydrogen-bond donors (Lipinski definition) is 1. The van der Waals surface area contributed by atoms with Crippen molar-refractivity contribution >= 4 is 11.3 Å². The van der Waals surface area contributed by atoms with Crippen LogP contribution in [-0.2, 0) is 6.42 Å². The molecule has 1 aromatic carbocycles. The van der Waals surface area contributed by atoms with Crippen LogP contribution in [0.15, 0.2) is 29.8 Å². The second kappa shape index (κ2) is 5.29. The standard InChI is InChI=1S/C13H15NO2S/c1-9-3-4-10(7-12(9)16-2)11(15)8-13-14-5-6-17-13/h3-7,11,15H,8H2,1-2H3. The second-order valence-electron chi connectivity index (χ2n) is 3.87. The normalized spacial score (nSPS) is 12.4. The molecule has 2 aromatic rings. The summed E-state index contributed by atoms with van der Waals surface area (Å²) in [5.41, 5.74) is 1.93. The minimum atomic E-state index is -0.532. The molecule has 17 heavy (non-hydrogen) atoms. The van der Waals surface area contributed by atoms with Crippen molar-refractivity contribution in [2.75, 3.05) is 7.11 Å². The molecule has 0 aliphatic heterocycles. The van der Waals surface area contributed by atoms with Gasteiger partial charge in [-0.2, -0.15) is 0 Å².